The van der Waals surface area contributed by atoms with E-state index in [0.29, 0.717) is 11.1 Å². The molecule has 26 heavy (non-hydrogen) atoms. The fourth-order valence-corrected chi connectivity index (χ4v) is 3.76. The van der Waals surface area contributed by atoms with Crippen LogP contribution >= 0.6 is 0 Å². The molecule has 136 valence electrons. The second-order valence-corrected chi connectivity index (χ2v) is 6.30. The zero-order valence-electron chi connectivity index (χ0n) is 14.2. The van der Waals surface area contributed by atoms with Crippen LogP contribution in [0, 0.1) is 11.6 Å². The van der Waals surface area contributed by atoms with Gasteiger partial charge in [-0.05, 0) is 60.7 Å². The van der Waals surface area contributed by atoms with E-state index in [0.717, 1.165) is 6.07 Å². The molecule has 0 aromatic heterocycles. The molecule has 0 saturated carbocycles. The topological polar surface area (TPSA) is 63.6 Å². The number of benzene rings is 2. The average molecular weight is 360 g/mol. The van der Waals surface area contributed by atoms with E-state index in [2.05, 4.69) is 0 Å². The van der Waals surface area contributed by atoms with Gasteiger partial charge in [-0.2, -0.15) is 0 Å². The van der Waals surface area contributed by atoms with Crippen LogP contribution in [0.25, 0.3) is 0 Å². The van der Waals surface area contributed by atoms with Crippen LogP contribution in [0.3, 0.4) is 0 Å². The molecule has 0 saturated heterocycles. The number of carboxylic acids is 1. The number of carboxylic acid groups (broad SMARTS) is 1. The predicted molar refractivity (Wildman–Crippen MR) is 89.8 cm³/mol. The number of aliphatic carboxylic acids is 1. The lowest BCUT2D eigenvalue weighted by Crippen LogP contribution is -2.43. The Labute approximate surface area is 149 Å². The lowest BCUT2D eigenvalue weighted by atomic mass is 9.63. The van der Waals surface area contributed by atoms with Crippen molar-refractivity contribution in [1.82, 2.24) is 0 Å². The molecule has 0 aliphatic heterocycles. The van der Waals surface area contributed by atoms with Crippen LogP contribution in [-0.2, 0) is 19.7 Å². The summed E-state index contributed by atoms with van der Waals surface area (Å²) in [6.45, 7) is 1.78. The summed E-state index contributed by atoms with van der Waals surface area (Å²) < 4.78 is 33.0. The number of ether oxygens (including phenoxy) is 1. The van der Waals surface area contributed by atoms with E-state index in [1.807, 2.05) is 0 Å². The van der Waals surface area contributed by atoms with Gasteiger partial charge in [-0.1, -0.05) is 18.2 Å². The Morgan fingerprint density at radius 3 is 2.58 bits per heavy atom. The Morgan fingerprint density at radius 2 is 1.92 bits per heavy atom. The Kier molecular flexibility index (Phi) is 4.76. The monoisotopic (exact) mass is 360 g/mol. The fraction of sp³-hybridized carbons (Fsp3) is 0.300. The normalized spacial score (nSPS) is 21.7. The predicted octanol–water partition coefficient (Wildman–Crippen LogP) is 3.78. The van der Waals surface area contributed by atoms with Crippen molar-refractivity contribution >= 4 is 11.9 Å². The Morgan fingerprint density at radius 1 is 1.19 bits per heavy atom. The number of hydrogen-bond donors (Lipinski definition) is 1. The van der Waals surface area contributed by atoms with Crippen LogP contribution in [0.1, 0.15) is 42.4 Å². The number of fused-ring (bicyclic) bond motifs is 1. The van der Waals surface area contributed by atoms with Crippen LogP contribution in [-0.4, -0.2) is 23.7 Å². The van der Waals surface area contributed by atoms with Crippen molar-refractivity contribution in [3.8, 4) is 0 Å². The van der Waals surface area contributed by atoms with E-state index < -0.39 is 34.9 Å². The highest BCUT2D eigenvalue weighted by atomic mass is 19.1. The third kappa shape index (κ3) is 2.85. The number of halogens is 2. The summed E-state index contributed by atoms with van der Waals surface area (Å²) in [7, 11) is 0. The molecule has 0 amide bonds. The Bertz CT molecular complexity index is 865. The number of carbonyl (C=O) groups is 2. The second kappa shape index (κ2) is 6.86. The Balaban J connectivity index is 2.30. The van der Waals surface area contributed by atoms with E-state index in [1.54, 1.807) is 13.0 Å². The lowest BCUT2D eigenvalue weighted by molar-refractivity contribution is -0.150. The number of carbonyl (C=O) groups excluding carboxylic acids is 1. The second-order valence-electron chi connectivity index (χ2n) is 6.30. The molecule has 2 aromatic rings. The molecule has 0 unspecified atom stereocenters. The first-order valence-electron chi connectivity index (χ1n) is 8.36. The maximum atomic E-state index is 13.9. The molecule has 2 atom stereocenters. The summed E-state index contributed by atoms with van der Waals surface area (Å²) in [6, 6.07) is 9.31. The summed E-state index contributed by atoms with van der Waals surface area (Å²) in [6.07, 6.45) is 0.242. The highest BCUT2D eigenvalue weighted by molar-refractivity contribution is 5.90. The largest absolute Gasteiger partial charge is 0.481 e. The third-order valence-corrected chi connectivity index (χ3v) is 4.90. The molecule has 0 heterocycles. The molecule has 4 nitrogen and oxygen atoms in total. The summed E-state index contributed by atoms with van der Waals surface area (Å²) in [5, 5.41) is 9.50. The van der Waals surface area contributed by atoms with Crippen molar-refractivity contribution in [3.63, 3.8) is 0 Å². The van der Waals surface area contributed by atoms with Crippen molar-refractivity contribution in [2.75, 3.05) is 6.61 Å². The van der Waals surface area contributed by atoms with Gasteiger partial charge in [0.15, 0.2) is 0 Å². The van der Waals surface area contributed by atoms with Gasteiger partial charge >= 0.3 is 11.9 Å². The molecule has 1 N–H and O–H groups in total. The van der Waals surface area contributed by atoms with Crippen molar-refractivity contribution in [2.24, 2.45) is 0 Å². The minimum atomic E-state index is -1.37. The van der Waals surface area contributed by atoms with E-state index in [9.17, 15) is 23.5 Å². The first kappa shape index (κ1) is 18.0. The maximum Gasteiger partial charge on any atom is 0.321 e. The van der Waals surface area contributed by atoms with Crippen molar-refractivity contribution in [3.05, 3.63) is 70.8 Å². The van der Waals surface area contributed by atoms with Crippen LogP contribution in [0.2, 0.25) is 0 Å². The van der Waals surface area contributed by atoms with E-state index >= 15 is 0 Å². The molecule has 0 fully saturated rings. The first-order chi connectivity index (χ1) is 12.4. The van der Waals surface area contributed by atoms with Crippen molar-refractivity contribution < 1.29 is 28.2 Å². The fourth-order valence-electron chi connectivity index (χ4n) is 3.76. The van der Waals surface area contributed by atoms with Gasteiger partial charge in [0, 0.05) is 0 Å². The van der Waals surface area contributed by atoms with Gasteiger partial charge in [-0.15, -0.1) is 0 Å². The minimum Gasteiger partial charge on any atom is -0.481 e. The molecule has 1 aliphatic rings. The molecule has 0 spiro atoms. The number of rotatable bonds is 4. The number of hydrogen-bond acceptors (Lipinski definition) is 3. The van der Waals surface area contributed by atoms with Crippen molar-refractivity contribution in [2.45, 2.75) is 31.1 Å². The zero-order valence-corrected chi connectivity index (χ0v) is 14.2. The highest BCUT2D eigenvalue weighted by Crippen LogP contribution is 2.48. The minimum absolute atomic E-state index is 0.112. The Hall–Kier alpha value is -2.76. The average Bonchev–Trinajstić information content (AvgIpc) is 2.60. The summed E-state index contributed by atoms with van der Waals surface area (Å²) >= 11 is 0. The maximum absolute atomic E-state index is 13.9. The molecule has 6 heteroatoms. The smallest absolute Gasteiger partial charge is 0.321 e. The third-order valence-electron chi connectivity index (χ3n) is 4.90. The van der Waals surface area contributed by atoms with Crippen LogP contribution in [0.5, 0.6) is 0 Å². The standard InChI is InChI=1S/C20H18F2O4/c1-2-26-19(25)20(12-4-3-5-13(21)10-12)9-8-15(18(23)24)16-11-14(22)6-7-17(16)20/h3-7,10-11,15H,2,8-9H2,1H3,(H,23,24)/t15-,20-/m0/s1. The van der Waals surface area contributed by atoms with Gasteiger partial charge in [0.2, 0.25) is 0 Å². The van der Waals surface area contributed by atoms with Crippen LogP contribution in [0.4, 0.5) is 8.78 Å². The molecule has 1 aliphatic carbocycles. The SMILES string of the molecule is CCOC(=O)[C@]1(c2cccc(F)c2)CC[C@H](C(=O)O)c2cc(F)ccc21. The molecule has 3 rings (SSSR count). The molecular formula is C20H18F2O4. The molecule has 0 radical (unpaired) electrons. The highest BCUT2D eigenvalue weighted by Gasteiger charge is 2.49. The van der Waals surface area contributed by atoms with E-state index in [-0.39, 0.29) is 25.0 Å². The lowest BCUT2D eigenvalue weighted by Gasteiger charge is -2.39. The van der Waals surface area contributed by atoms with Gasteiger partial charge in [-0.3, -0.25) is 9.59 Å². The van der Waals surface area contributed by atoms with Gasteiger partial charge < -0.3 is 9.84 Å². The van der Waals surface area contributed by atoms with Crippen LogP contribution < -0.4 is 0 Å². The zero-order chi connectivity index (χ0) is 18.9. The van der Waals surface area contributed by atoms with Crippen molar-refractivity contribution in [1.29, 1.82) is 0 Å². The summed E-state index contributed by atoms with van der Waals surface area (Å²) in [4.78, 5) is 24.6. The molecule has 2 aromatic carbocycles. The van der Waals surface area contributed by atoms with Gasteiger partial charge in [0.25, 0.3) is 0 Å². The van der Waals surface area contributed by atoms with Gasteiger partial charge in [0.1, 0.15) is 17.0 Å². The van der Waals surface area contributed by atoms with E-state index in [4.69, 9.17) is 4.74 Å². The van der Waals surface area contributed by atoms with Gasteiger partial charge in [-0.25, -0.2) is 8.78 Å². The molecule has 0 bridgehead atoms. The summed E-state index contributed by atoms with van der Waals surface area (Å²) in [5.41, 5.74) is -0.428. The number of esters is 1. The quantitative estimate of drug-likeness (QED) is 0.843. The van der Waals surface area contributed by atoms with Gasteiger partial charge in [0.05, 0.1) is 12.5 Å². The van der Waals surface area contributed by atoms with Crippen LogP contribution in [0.15, 0.2) is 42.5 Å². The summed E-state index contributed by atoms with van der Waals surface area (Å²) in [5.74, 6) is -3.73. The molecular weight excluding hydrogens is 342 g/mol. The van der Waals surface area contributed by atoms with E-state index in [1.165, 1.54) is 30.3 Å². The first-order valence-corrected chi connectivity index (χ1v) is 8.36.